The van der Waals surface area contributed by atoms with E-state index in [0.29, 0.717) is 6.54 Å². The minimum atomic E-state index is -3.56. The molecule has 0 saturated heterocycles. The van der Waals surface area contributed by atoms with Crippen LogP contribution in [0.5, 0.6) is 0 Å². The number of anilines is 1. The zero-order chi connectivity index (χ0) is 17.1. The summed E-state index contributed by atoms with van der Waals surface area (Å²) in [6.45, 7) is 2.44. The molecule has 0 aliphatic carbocycles. The average Bonchev–Trinajstić information content (AvgIpc) is 2.44. The molecule has 0 radical (unpaired) electrons. The molecular weight excluding hydrogens is 308 g/mol. The van der Waals surface area contributed by atoms with E-state index < -0.39 is 16.0 Å². The van der Waals surface area contributed by atoms with Gasteiger partial charge in [0, 0.05) is 26.2 Å². The Labute approximate surface area is 130 Å². The van der Waals surface area contributed by atoms with Crippen molar-refractivity contribution in [2.75, 3.05) is 31.2 Å². The van der Waals surface area contributed by atoms with Crippen LogP contribution < -0.4 is 4.31 Å². The van der Waals surface area contributed by atoms with E-state index >= 15 is 0 Å². The highest BCUT2D eigenvalue weighted by Gasteiger charge is 2.19. The fourth-order valence-electron chi connectivity index (χ4n) is 1.89. The number of nitrogens with zero attached hydrogens (tertiary/aromatic N) is 2. The Kier molecular flexibility index (Phi) is 5.54. The highest BCUT2D eigenvalue weighted by atomic mass is 32.2. The van der Waals surface area contributed by atoms with Crippen LogP contribution in [0.4, 0.5) is 5.69 Å². The first kappa shape index (κ1) is 18.0. The number of benzene rings is 1. The second-order valence-corrected chi connectivity index (χ2v) is 7.04. The summed E-state index contributed by atoms with van der Waals surface area (Å²) in [6, 6.07) is 3.85. The first-order chi connectivity index (χ1) is 10.1. The lowest BCUT2D eigenvalue weighted by Crippen LogP contribution is -2.29. The summed E-state index contributed by atoms with van der Waals surface area (Å²) in [5.41, 5.74) is 0.137. The number of hydrogen-bond donors (Lipinski definition) is 1. The van der Waals surface area contributed by atoms with Gasteiger partial charge in [0.15, 0.2) is 0 Å². The normalized spacial score (nSPS) is 11.1. The maximum atomic E-state index is 12.3. The van der Waals surface area contributed by atoms with Crippen molar-refractivity contribution in [2.24, 2.45) is 0 Å². The third kappa shape index (κ3) is 4.20. The third-order valence-electron chi connectivity index (χ3n) is 3.18. The largest absolute Gasteiger partial charge is 0.478 e. The summed E-state index contributed by atoms with van der Waals surface area (Å²) in [5.74, 6) is -1.58. The quantitative estimate of drug-likeness (QED) is 0.848. The lowest BCUT2D eigenvalue weighted by molar-refractivity contribution is 0.0697. The van der Waals surface area contributed by atoms with Crippen LogP contribution in [0, 0.1) is 0 Å². The summed E-state index contributed by atoms with van der Waals surface area (Å²) in [6.07, 6.45) is 1.77. The molecule has 0 unspecified atom stereocenters. The van der Waals surface area contributed by atoms with Gasteiger partial charge in [-0.1, -0.05) is 6.92 Å². The van der Waals surface area contributed by atoms with Crippen molar-refractivity contribution in [1.82, 2.24) is 4.90 Å². The molecule has 122 valence electrons. The van der Waals surface area contributed by atoms with Crippen LogP contribution in [-0.4, -0.2) is 57.2 Å². The van der Waals surface area contributed by atoms with Crippen molar-refractivity contribution < 1.29 is 23.1 Å². The molecule has 0 aliphatic rings. The van der Waals surface area contributed by atoms with Gasteiger partial charge in [-0.15, -0.1) is 0 Å². The topological polar surface area (TPSA) is 95.0 Å². The van der Waals surface area contributed by atoms with E-state index in [0.717, 1.165) is 17.0 Å². The number of aromatic carboxylic acids is 1. The molecular formula is C14H20N2O5S. The van der Waals surface area contributed by atoms with Crippen LogP contribution in [-0.2, 0) is 10.0 Å². The number of sulfonamides is 1. The Morgan fingerprint density at radius 3 is 2.14 bits per heavy atom. The van der Waals surface area contributed by atoms with E-state index in [4.69, 9.17) is 5.11 Å². The molecule has 1 N–H and O–H groups in total. The summed E-state index contributed by atoms with van der Waals surface area (Å²) < 4.78 is 24.2. The Bertz CT molecular complexity index is 684. The Morgan fingerprint density at radius 1 is 1.14 bits per heavy atom. The van der Waals surface area contributed by atoms with Crippen LogP contribution >= 0.6 is 0 Å². The molecule has 0 saturated carbocycles. The van der Waals surface area contributed by atoms with Gasteiger partial charge in [-0.2, -0.15) is 0 Å². The Morgan fingerprint density at radius 2 is 1.68 bits per heavy atom. The maximum Gasteiger partial charge on any atom is 0.335 e. The Hall–Kier alpha value is -2.09. The molecule has 7 nitrogen and oxygen atoms in total. The van der Waals surface area contributed by atoms with Crippen LogP contribution in [0.3, 0.4) is 0 Å². The summed E-state index contributed by atoms with van der Waals surface area (Å²) in [7, 11) is -0.640. The first-order valence-corrected chi connectivity index (χ1v) is 8.50. The van der Waals surface area contributed by atoms with E-state index in [1.165, 1.54) is 30.1 Å². The molecule has 0 aliphatic heterocycles. The van der Waals surface area contributed by atoms with Gasteiger partial charge < -0.3 is 10.0 Å². The number of hydrogen-bond acceptors (Lipinski definition) is 4. The van der Waals surface area contributed by atoms with E-state index in [9.17, 15) is 18.0 Å². The summed E-state index contributed by atoms with van der Waals surface area (Å²) in [4.78, 5) is 25.0. The number of carbonyl (C=O) groups excluding carboxylic acids is 1. The van der Waals surface area contributed by atoms with Gasteiger partial charge in [-0.25, -0.2) is 13.2 Å². The molecule has 0 bridgehead atoms. The fourth-order valence-corrected chi connectivity index (χ4v) is 2.38. The molecule has 1 aromatic carbocycles. The van der Waals surface area contributed by atoms with Crippen molar-refractivity contribution in [3.63, 3.8) is 0 Å². The minimum Gasteiger partial charge on any atom is -0.478 e. The third-order valence-corrected chi connectivity index (χ3v) is 4.38. The number of carboxylic acids is 1. The van der Waals surface area contributed by atoms with Crippen LogP contribution in [0.2, 0.25) is 0 Å². The zero-order valence-electron chi connectivity index (χ0n) is 13.0. The van der Waals surface area contributed by atoms with Crippen LogP contribution in [0.1, 0.15) is 34.1 Å². The number of carboxylic acid groups (broad SMARTS) is 1. The molecule has 0 atom stereocenters. The maximum absolute atomic E-state index is 12.3. The zero-order valence-corrected chi connectivity index (χ0v) is 13.8. The molecule has 0 heterocycles. The van der Waals surface area contributed by atoms with Crippen LogP contribution in [0.25, 0.3) is 0 Å². The van der Waals surface area contributed by atoms with Gasteiger partial charge in [0.05, 0.1) is 17.5 Å². The van der Waals surface area contributed by atoms with Crippen LogP contribution in [0.15, 0.2) is 18.2 Å². The van der Waals surface area contributed by atoms with E-state index in [1.54, 1.807) is 7.05 Å². The molecule has 0 aromatic heterocycles. The lowest BCUT2D eigenvalue weighted by atomic mass is 10.1. The fraction of sp³-hybridized carbons (Fsp3) is 0.429. The highest BCUT2D eigenvalue weighted by Crippen LogP contribution is 2.21. The molecule has 22 heavy (non-hydrogen) atoms. The number of carbonyl (C=O) groups is 2. The van der Waals surface area contributed by atoms with Gasteiger partial charge in [-0.05, 0) is 24.6 Å². The van der Waals surface area contributed by atoms with Gasteiger partial charge in [-0.3, -0.25) is 9.10 Å². The van der Waals surface area contributed by atoms with Gasteiger partial charge in [0.25, 0.3) is 5.91 Å². The number of amides is 1. The predicted octanol–water partition coefficient (Wildman–Crippen LogP) is 1.26. The SMILES string of the molecule is CCCN(C)C(=O)c1cc(C(=O)O)cc(N(C)S(C)(=O)=O)c1. The van der Waals surface area contributed by atoms with E-state index in [1.807, 2.05) is 6.92 Å². The van der Waals surface area contributed by atoms with Gasteiger partial charge in [0.1, 0.15) is 0 Å². The van der Waals surface area contributed by atoms with Gasteiger partial charge >= 0.3 is 5.97 Å². The minimum absolute atomic E-state index is 0.135. The number of rotatable bonds is 6. The van der Waals surface area contributed by atoms with E-state index in [-0.39, 0.29) is 22.7 Å². The Balaban J connectivity index is 3.38. The summed E-state index contributed by atoms with van der Waals surface area (Å²) >= 11 is 0. The second-order valence-electron chi connectivity index (χ2n) is 5.03. The second kappa shape index (κ2) is 6.78. The molecule has 0 spiro atoms. The molecule has 8 heteroatoms. The van der Waals surface area contributed by atoms with E-state index in [2.05, 4.69) is 0 Å². The van der Waals surface area contributed by atoms with Crippen molar-refractivity contribution in [2.45, 2.75) is 13.3 Å². The molecule has 0 fully saturated rings. The molecule has 1 aromatic rings. The highest BCUT2D eigenvalue weighted by molar-refractivity contribution is 7.92. The van der Waals surface area contributed by atoms with Crippen molar-refractivity contribution in [3.8, 4) is 0 Å². The molecule has 1 amide bonds. The smallest absolute Gasteiger partial charge is 0.335 e. The monoisotopic (exact) mass is 328 g/mol. The standard InChI is InChI=1S/C14H20N2O5S/c1-5-6-15(2)13(17)10-7-11(14(18)19)9-12(8-10)16(3)22(4,20)21/h7-9H,5-6H2,1-4H3,(H,18,19). The van der Waals surface area contributed by atoms with Crippen molar-refractivity contribution in [3.05, 3.63) is 29.3 Å². The predicted molar refractivity (Wildman–Crippen MR) is 83.9 cm³/mol. The van der Waals surface area contributed by atoms with Crippen molar-refractivity contribution >= 4 is 27.6 Å². The van der Waals surface area contributed by atoms with Gasteiger partial charge in [0.2, 0.25) is 10.0 Å². The first-order valence-electron chi connectivity index (χ1n) is 6.65. The summed E-state index contributed by atoms with van der Waals surface area (Å²) in [5, 5.41) is 9.15. The lowest BCUT2D eigenvalue weighted by Gasteiger charge is -2.20. The average molecular weight is 328 g/mol. The van der Waals surface area contributed by atoms with Crippen molar-refractivity contribution in [1.29, 1.82) is 0 Å². The molecule has 1 rings (SSSR count).